The van der Waals surface area contributed by atoms with Crippen LogP contribution < -0.4 is 5.32 Å². The van der Waals surface area contributed by atoms with Crippen LogP contribution in [0.15, 0.2) is 34.0 Å². The molecule has 1 N–H and O–H groups in total. The zero-order valence-corrected chi connectivity index (χ0v) is 14.8. The number of benzene rings is 1. The fourth-order valence-electron chi connectivity index (χ4n) is 3.85. The fourth-order valence-corrected chi connectivity index (χ4v) is 5.11. The van der Waals surface area contributed by atoms with Crippen LogP contribution in [0.4, 0.5) is 13.2 Å². The minimum atomic E-state index is -1.21. The Hall–Kier alpha value is -1.69. The van der Waals surface area contributed by atoms with E-state index in [2.05, 4.69) is 5.32 Å². The van der Waals surface area contributed by atoms with Crippen molar-refractivity contribution in [3.05, 3.63) is 57.0 Å². The van der Waals surface area contributed by atoms with E-state index in [0.29, 0.717) is 24.5 Å². The van der Waals surface area contributed by atoms with Gasteiger partial charge in [-0.15, -0.1) is 11.8 Å². The Kier molecular flexibility index (Phi) is 3.79. The number of hydrogen-bond donors (Lipinski definition) is 1. The number of carbonyl (C=O) groups is 1. The second kappa shape index (κ2) is 5.66. The molecule has 0 fully saturated rings. The van der Waals surface area contributed by atoms with Gasteiger partial charge in [-0.3, -0.25) is 4.79 Å². The van der Waals surface area contributed by atoms with Crippen LogP contribution >= 0.6 is 11.8 Å². The van der Waals surface area contributed by atoms with Crippen LogP contribution in [0.5, 0.6) is 0 Å². The summed E-state index contributed by atoms with van der Waals surface area (Å²) in [5.74, 6) is -2.99. The highest BCUT2D eigenvalue weighted by molar-refractivity contribution is 8.03. The lowest BCUT2D eigenvalue weighted by Gasteiger charge is -2.39. The van der Waals surface area contributed by atoms with Gasteiger partial charge < -0.3 is 5.32 Å². The van der Waals surface area contributed by atoms with Crippen LogP contribution in [0.3, 0.4) is 0 Å². The van der Waals surface area contributed by atoms with Crippen molar-refractivity contribution in [2.45, 2.75) is 39.0 Å². The lowest BCUT2D eigenvalue weighted by Crippen LogP contribution is -2.38. The molecule has 1 aromatic carbocycles. The Morgan fingerprint density at radius 3 is 2.56 bits per heavy atom. The largest absolute Gasteiger partial charge is 0.361 e. The molecule has 132 valence electrons. The normalized spacial score (nSPS) is 25.0. The maximum absolute atomic E-state index is 14.6. The quantitative estimate of drug-likeness (QED) is 0.726. The molecular formula is C19H18F3NOS. The minimum Gasteiger partial charge on any atom is -0.361 e. The molecule has 25 heavy (non-hydrogen) atoms. The first-order valence-electron chi connectivity index (χ1n) is 8.35. The molecule has 0 aromatic heterocycles. The van der Waals surface area contributed by atoms with Gasteiger partial charge in [-0.2, -0.15) is 0 Å². The molecule has 3 aliphatic rings. The molecule has 2 heterocycles. The van der Waals surface area contributed by atoms with Crippen molar-refractivity contribution < 1.29 is 18.0 Å². The van der Waals surface area contributed by atoms with Gasteiger partial charge in [0.2, 0.25) is 0 Å². The average Bonchev–Trinajstić information content (AvgIpc) is 3.01. The molecule has 0 saturated carbocycles. The smallest absolute Gasteiger partial charge is 0.167 e. The molecule has 1 atom stereocenters. The second-order valence-electron chi connectivity index (χ2n) is 7.39. The maximum Gasteiger partial charge on any atom is 0.167 e. The van der Waals surface area contributed by atoms with E-state index in [0.717, 1.165) is 34.5 Å². The van der Waals surface area contributed by atoms with Crippen LogP contribution in [0, 0.1) is 22.9 Å². The number of allylic oxidation sites excluding steroid dienone is 4. The molecule has 0 saturated heterocycles. The summed E-state index contributed by atoms with van der Waals surface area (Å²) in [5.41, 5.74) is 1.79. The van der Waals surface area contributed by atoms with E-state index in [1.165, 1.54) is 0 Å². The van der Waals surface area contributed by atoms with E-state index < -0.39 is 28.8 Å². The van der Waals surface area contributed by atoms with Crippen molar-refractivity contribution in [1.29, 1.82) is 0 Å². The maximum atomic E-state index is 14.6. The van der Waals surface area contributed by atoms with Crippen LogP contribution in [-0.4, -0.2) is 11.5 Å². The standard InChI is InChI=1S/C19H18F3NOS/c1-19(2)5-3-13-16(18(19)24)15(17-14(23-13)4-6-25-17)9-7-11(21)12(22)8-10(9)20/h7-8,15,23H,3-6H2,1-2H3. The zero-order chi connectivity index (χ0) is 17.9. The van der Waals surface area contributed by atoms with Crippen LogP contribution in [-0.2, 0) is 4.79 Å². The number of nitrogens with one attached hydrogen (secondary N) is 1. The van der Waals surface area contributed by atoms with Crippen LogP contribution in [0.25, 0.3) is 0 Å². The number of carbonyl (C=O) groups excluding carboxylic acids is 1. The van der Waals surface area contributed by atoms with Crippen molar-refractivity contribution in [1.82, 2.24) is 5.32 Å². The molecule has 1 aromatic rings. The monoisotopic (exact) mass is 365 g/mol. The van der Waals surface area contributed by atoms with Gasteiger partial charge in [-0.1, -0.05) is 13.8 Å². The molecule has 1 aliphatic carbocycles. The highest BCUT2D eigenvalue weighted by atomic mass is 32.2. The van der Waals surface area contributed by atoms with Gasteiger partial charge in [0.15, 0.2) is 17.4 Å². The van der Waals surface area contributed by atoms with Gasteiger partial charge in [0.25, 0.3) is 0 Å². The van der Waals surface area contributed by atoms with Crippen molar-refractivity contribution in [2.24, 2.45) is 5.41 Å². The molecule has 1 unspecified atom stereocenters. The Bertz CT molecular complexity index is 856. The summed E-state index contributed by atoms with van der Waals surface area (Å²) in [6.07, 6.45) is 2.20. The number of rotatable bonds is 1. The summed E-state index contributed by atoms with van der Waals surface area (Å²) in [4.78, 5) is 14.0. The molecule has 6 heteroatoms. The second-order valence-corrected chi connectivity index (χ2v) is 8.53. The van der Waals surface area contributed by atoms with Crippen LogP contribution in [0.2, 0.25) is 0 Å². The first-order chi connectivity index (χ1) is 11.8. The van der Waals surface area contributed by atoms with Gasteiger partial charge in [-0.05, 0) is 25.3 Å². The van der Waals surface area contributed by atoms with E-state index in [1.54, 1.807) is 11.8 Å². The SMILES string of the molecule is CC1(C)CCC2=C(C1=O)C(c1cc(F)c(F)cc1F)C1=C(CCS1)N2. The lowest BCUT2D eigenvalue weighted by atomic mass is 9.69. The Morgan fingerprint density at radius 2 is 1.80 bits per heavy atom. The van der Waals surface area contributed by atoms with E-state index >= 15 is 0 Å². The Morgan fingerprint density at radius 1 is 1.08 bits per heavy atom. The van der Waals surface area contributed by atoms with Gasteiger partial charge >= 0.3 is 0 Å². The number of Topliss-reactive ketones (excluding diaryl/α,β-unsaturated/α-hetero) is 1. The Balaban J connectivity index is 1.93. The molecule has 2 nitrogen and oxygen atoms in total. The third kappa shape index (κ3) is 2.53. The fraction of sp³-hybridized carbons (Fsp3) is 0.421. The molecule has 0 spiro atoms. The van der Waals surface area contributed by atoms with Gasteiger partial charge in [0, 0.05) is 50.6 Å². The molecule has 0 bridgehead atoms. The van der Waals surface area contributed by atoms with Crippen molar-refractivity contribution in [2.75, 3.05) is 5.75 Å². The number of halogens is 3. The van der Waals surface area contributed by atoms with Crippen LogP contribution in [0.1, 0.15) is 44.6 Å². The van der Waals surface area contributed by atoms with Gasteiger partial charge in [-0.25, -0.2) is 13.2 Å². The number of ketones is 1. The number of dihydropyridines is 1. The summed E-state index contributed by atoms with van der Waals surface area (Å²) in [6, 6.07) is 1.48. The van der Waals surface area contributed by atoms with Crippen molar-refractivity contribution in [3.63, 3.8) is 0 Å². The van der Waals surface area contributed by atoms with Crippen molar-refractivity contribution in [3.8, 4) is 0 Å². The summed E-state index contributed by atoms with van der Waals surface area (Å²) in [5, 5.41) is 3.36. The molecule has 0 radical (unpaired) electrons. The zero-order valence-electron chi connectivity index (χ0n) is 14.0. The summed E-state index contributed by atoms with van der Waals surface area (Å²) >= 11 is 1.55. The molecule has 0 amide bonds. The highest BCUT2D eigenvalue weighted by Crippen LogP contribution is 2.52. The minimum absolute atomic E-state index is 0.0425. The number of hydrogen-bond acceptors (Lipinski definition) is 3. The summed E-state index contributed by atoms with van der Waals surface area (Å²) in [7, 11) is 0. The number of thioether (sulfide) groups is 1. The molecule has 2 aliphatic heterocycles. The molecular weight excluding hydrogens is 347 g/mol. The van der Waals surface area contributed by atoms with E-state index in [-0.39, 0.29) is 11.3 Å². The summed E-state index contributed by atoms with van der Waals surface area (Å²) < 4.78 is 41.8. The average molecular weight is 365 g/mol. The van der Waals surface area contributed by atoms with Crippen molar-refractivity contribution >= 4 is 17.5 Å². The topological polar surface area (TPSA) is 29.1 Å². The first kappa shape index (κ1) is 16.8. The predicted octanol–water partition coefficient (Wildman–Crippen LogP) is 4.78. The molecule has 4 rings (SSSR count). The predicted molar refractivity (Wildman–Crippen MR) is 91.3 cm³/mol. The Labute approximate surface area is 148 Å². The third-order valence-electron chi connectivity index (χ3n) is 5.29. The first-order valence-corrected chi connectivity index (χ1v) is 9.33. The van der Waals surface area contributed by atoms with E-state index in [1.807, 2.05) is 13.8 Å². The summed E-state index contributed by atoms with van der Waals surface area (Å²) in [6.45, 7) is 3.76. The lowest BCUT2D eigenvalue weighted by molar-refractivity contribution is -0.124. The van der Waals surface area contributed by atoms with Gasteiger partial charge in [0.1, 0.15) is 5.82 Å². The van der Waals surface area contributed by atoms with E-state index in [9.17, 15) is 18.0 Å². The highest BCUT2D eigenvalue weighted by Gasteiger charge is 2.45. The third-order valence-corrected chi connectivity index (χ3v) is 6.50. The van der Waals surface area contributed by atoms with E-state index in [4.69, 9.17) is 0 Å². The van der Waals surface area contributed by atoms with Gasteiger partial charge in [0.05, 0.1) is 0 Å².